The van der Waals surface area contributed by atoms with Crippen molar-refractivity contribution in [1.29, 1.82) is 0 Å². The van der Waals surface area contributed by atoms with Gasteiger partial charge >= 0.3 is 0 Å². The molecule has 1 N–H and O–H groups in total. The molecule has 0 radical (unpaired) electrons. The molecule has 0 aliphatic heterocycles. The number of halogens is 3. The number of rotatable bonds is 4. The molecule has 0 spiro atoms. The second-order valence-electron chi connectivity index (χ2n) is 5.07. The van der Waals surface area contributed by atoms with Crippen molar-refractivity contribution in [3.05, 3.63) is 69.6 Å². The lowest BCUT2D eigenvalue weighted by Crippen LogP contribution is -2.01. The third-order valence-corrected chi connectivity index (χ3v) is 4.11. The van der Waals surface area contributed by atoms with Gasteiger partial charge in [-0.15, -0.1) is 0 Å². The summed E-state index contributed by atoms with van der Waals surface area (Å²) in [5.74, 6) is -0.360. The van der Waals surface area contributed by atoms with Gasteiger partial charge in [-0.1, -0.05) is 29.3 Å². The van der Waals surface area contributed by atoms with Crippen molar-refractivity contribution in [3.63, 3.8) is 0 Å². The van der Waals surface area contributed by atoms with Gasteiger partial charge in [0, 0.05) is 27.4 Å². The highest BCUT2D eigenvalue weighted by Gasteiger charge is 2.11. The van der Waals surface area contributed by atoms with E-state index in [9.17, 15) is 9.18 Å². The molecule has 3 aromatic rings. The minimum absolute atomic E-state index is 0.0392. The average molecular weight is 336 g/mol. The van der Waals surface area contributed by atoms with Crippen LogP contribution in [0.4, 0.5) is 4.39 Å². The predicted octanol–water partition coefficient (Wildman–Crippen LogP) is 5.43. The van der Waals surface area contributed by atoms with E-state index < -0.39 is 0 Å². The van der Waals surface area contributed by atoms with Crippen LogP contribution in [0, 0.1) is 5.82 Å². The van der Waals surface area contributed by atoms with Gasteiger partial charge in [0.05, 0.1) is 5.69 Å². The zero-order valence-electron chi connectivity index (χ0n) is 11.5. The molecule has 1 heterocycles. The van der Waals surface area contributed by atoms with Crippen molar-refractivity contribution in [2.45, 2.75) is 12.8 Å². The molecule has 3 rings (SSSR count). The number of aromatic amines is 1. The number of aromatic nitrogens is 1. The number of Topliss-reactive ketones (excluding diaryl/α,β-unsaturated/α-hetero) is 1. The summed E-state index contributed by atoms with van der Waals surface area (Å²) < 4.78 is 13.2. The van der Waals surface area contributed by atoms with Crippen LogP contribution in [0.15, 0.2) is 42.5 Å². The molecule has 1 aromatic heterocycles. The first-order valence-electron chi connectivity index (χ1n) is 6.78. The van der Waals surface area contributed by atoms with Crippen molar-refractivity contribution in [3.8, 4) is 0 Å². The topological polar surface area (TPSA) is 32.9 Å². The number of hydrogen-bond acceptors (Lipinski definition) is 1. The number of aryl methyl sites for hydroxylation is 1. The SMILES string of the molecule is O=C(CCc1ccc(Cl)cc1Cl)c1cc2cc(F)ccc2[nH]1. The van der Waals surface area contributed by atoms with Crippen LogP contribution in [-0.2, 0) is 6.42 Å². The molecule has 0 saturated heterocycles. The fraction of sp³-hybridized carbons (Fsp3) is 0.118. The zero-order valence-corrected chi connectivity index (χ0v) is 13.0. The highest BCUT2D eigenvalue weighted by atomic mass is 35.5. The number of fused-ring (bicyclic) bond motifs is 1. The van der Waals surface area contributed by atoms with Crippen molar-refractivity contribution in [1.82, 2.24) is 4.98 Å². The Kier molecular flexibility index (Phi) is 4.19. The largest absolute Gasteiger partial charge is 0.352 e. The second kappa shape index (κ2) is 6.11. The predicted molar refractivity (Wildman–Crippen MR) is 87.4 cm³/mol. The first-order chi connectivity index (χ1) is 10.5. The quantitative estimate of drug-likeness (QED) is 0.633. The smallest absolute Gasteiger partial charge is 0.179 e. The van der Waals surface area contributed by atoms with E-state index in [2.05, 4.69) is 4.98 Å². The summed E-state index contributed by atoms with van der Waals surface area (Å²) in [4.78, 5) is 15.3. The van der Waals surface area contributed by atoms with Gasteiger partial charge in [-0.25, -0.2) is 4.39 Å². The highest BCUT2D eigenvalue weighted by molar-refractivity contribution is 6.35. The molecule has 0 bridgehead atoms. The maximum absolute atomic E-state index is 13.2. The van der Waals surface area contributed by atoms with E-state index >= 15 is 0 Å². The summed E-state index contributed by atoms with van der Waals surface area (Å²) >= 11 is 11.9. The van der Waals surface area contributed by atoms with Crippen LogP contribution in [0.1, 0.15) is 22.5 Å². The Bertz CT molecular complexity index is 857. The summed E-state index contributed by atoms with van der Waals surface area (Å²) in [5.41, 5.74) is 2.10. The standard InChI is InChI=1S/C17H12Cl2FNO/c18-12-3-1-10(14(19)9-12)2-6-17(22)16-8-11-7-13(20)4-5-15(11)21-16/h1,3-5,7-9,21H,2,6H2. The van der Waals surface area contributed by atoms with Crippen LogP contribution in [0.25, 0.3) is 10.9 Å². The Morgan fingerprint density at radius 2 is 1.91 bits per heavy atom. The van der Waals surface area contributed by atoms with Crippen molar-refractivity contribution < 1.29 is 9.18 Å². The van der Waals surface area contributed by atoms with Crippen LogP contribution in [0.5, 0.6) is 0 Å². The summed E-state index contributed by atoms with van der Waals surface area (Å²) in [7, 11) is 0. The fourth-order valence-corrected chi connectivity index (χ4v) is 2.86. The van der Waals surface area contributed by atoms with Gasteiger partial charge in [-0.3, -0.25) is 4.79 Å². The molecule has 0 saturated carbocycles. The molecule has 0 aliphatic rings. The maximum Gasteiger partial charge on any atom is 0.179 e. The molecule has 2 aromatic carbocycles. The Morgan fingerprint density at radius 1 is 1.09 bits per heavy atom. The summed E-state index contributed by atoms with van der Waals surface area (Å²) in [6.45, 7) is 0. The highest BCUT2D eigenvalue weighted by Crippen LogP contribution is 2.23. The van der Waals surface area contributed by atoms with Crippen LogP contribution in [0.2, 0.25) is 10.0 Å². The van der Waals surface area contributed by atoms with Gasteiger partial charge in [0.15, 0.2) is 5.78 Å². The number of carbonyl (C=O) groups excluding carboxylic acids is 1. The summed E-state index contributed by atoms with van der Waals surface area (Å²) in [6, 6.07) is 11.3. The third-order valence-electron chi connectivity index (χ3n) is 3.52. The zero-order chi connectivity index (χ0) is 15.7. The third kappa shape index (κ3) is 3.16. The number of H-pyrrole nitrogens is 1. The van der Waals surface area contributed by atoms with Gasteiger partial charge in [-0.2, -0.15) is 0 Å². The monoisotopic (exact) mass is 335 g/mol. The Morgan fingerprint density at radius 3 is 2.68 bits per heavy atom. The van der Waals surface area contributed by atoms with Crippen molar-refractivity contribution in [2.75, 3.05) is 0 Å². The molecule has 0 aliphatic carbocycles. The van der Waals surface area contributed by atoms with Crippen LogP contribution >= 0.6 is 23.2 Å². The van der Waals surface area contributed by atoms with Crippen LogP contribution in [0.3, 0.4) is 0 Å². The van der Waals surface area contributed by atoms with E-state index in [0.29, 0.717) is 34.0 Å². The Hall–Kier alpha value is -1.84. The second-order valence-corrected chi connectivity index (χ2v) is 5.92. The van der Waals surface area contributed by atoms with Crippen molar-refractivity contribution >= 4 is 39.9 Å². The van der Waals surface area contributed by atoms with Gasteiger partial charge in [-0.05, 0) is 48.4 Å². The van der Waals surface area contributed by atoms with Crippen LogP contribution < -0.4 is 0 Å². The number of ketones is 1. The lowest BCUT2D eigenvalue weighted by Gasteiger charge is -2.03. The van der Waals surface area contributed by atoms with E-state index in [1.54, 1.807) is 24.3 Å². The van der Waals surface area contributed by atoms with Crippen LogP contribution in [-0.4, -0.2) is 10.8 Å². The van der Waals surface area contributed by atoms with E-state index in [1.165, 1.54) is 12.1 Å². The van der Waals surface area contributed by atoms with E-state index in [4.69, 9.17) is 23.2 Å². The van der Waals surface area contributed by atoms with Gasteiger partial charge < -0.3 is 4.98 Å². The summed E-state index contributed by atoms with van der Waals surface area (Å²) in [6.07, 6.45) is 0.842. The minimum Gasteiger partial charge on any atom is -0.352 e. The molecule has 0 amide bonds. The molecule has 112 valence electrons. The number of hydrogen-bond donors (Lipinski definition) is 1. The minimum atomic E-state index is -0.321. The molecule has 0 atom stereocenters. The molecule has 0 fully saturated rings. The Balaban J connectivity index is 1.75. The van der Waals surface area contributed by atoms with Gasteiger partial charge in [0.1, 0.15) is 5.82 Å². The lowest BCUT2D eigenvalue weighted by atomic mass is 10.1. The normalized spacial score (nSPS) is 11.0. The average Bonchev–Trinajstić information content (AvgIpc) is 2.89. The fourth-order valence-electron chi connectivity index (χ4n) is 2.36. The van der Waals surface area contributed by atoms with Gasteiger partial charge in [0.2, 0.25) is 0 Å². The molecule has 0 unspecified atom stereocenters. The number of carbonyl (C=O) groups is 1. The molecule has 22 heavy (non-hydrogen) atoms. The van der Waals surface area contributed by atoms with E-state index in [0.717, 1.165) is 11.1 Å². The lowest BCUT2D eigenvalue weighted by molar-refractivity contribution is 0.0979. The molecular formula is C17H12Cl2FNO. The number of nitrogens with one attached hydrogen (secondary N) is 1. The first kappa shape index (κ1) is 15.1. The maximum atomic E-state index is 13.2. The van der Waals surface area contributed by atoms with E-state index in [-0.39, 0.29) is 11.6 Å². The molecular weight excluding hydrogens is 324 g/mol. The first-order valence-corrected chi connectivity index (χ1v) is 7.54. The summed E-state index contributed by atoms with van der Waals surface area (Å²) in [5, 5.41) is 1.81. The Labute approximate surface area is 136 Å². The van der Waals surface area contributed by atoms with Crippen molar-refractivity contribution in [2.24, 2.45) is 0 Å². The molecule has 5 heteroatoms. The molecule has 2 nitrogen and oxygen atoms in total. The number of benzene rings is 2. The van der Waals surface area contributed by atoms with Gasteiger partial charge in [0.25, 0.3) is 0 Å². The van der Waals surface area contributed by atoms with E-state index in [1.807, 2.05) is 6.07 Å².